The van der Waals surface area contributed by atoms with Gasteiger partial charge in [0.05, 0.1) is 10.3 Å². The number of allylic oxidation sites excluding steroid dienone is 1. The van der Waals surface area contributed by atoms with Gasteiger partial charge in [-0.25, -0.2) is 9.38 Å². The lowest BCUT2D eigenvalue weighted by Crippen LogP contribution is -1.88. The predicted octanol–water partition coefficient (Wildman–Crippen LogP) is 2.80. The molecule has 0 aliphatic carbocycles. The molecule has 9 heavy (non-hydrogen) atoms. The molecule has 0 radical (unpaired) electrons. The Bertz CT molecular complexity index is 172. The maximum Gasteiger partial charge on any atom is 0.137 e. The summed E-state index contributed by atoms with van der Waals surface area (Å²) in [6, 6.07) is 0. The summed E-state index contributed by atoms with van der Waals surface area (Å²) in [5.41, 5.74) is 0.247. The lowest BCUT2D eigenvalue weighted by Gasteiger charge is -1.90. The van der Waals surface area contributed by atoms with Gasteiger partial charge in [0.15, 0.2) is 0 Å². The fourth-order valence-corrected chi connectivity index (χ4v) is 0.509. The summed E-state index contributed by atoms with van der Waals surface area (Å²) in [5, 5.41) is 0. The van der Waals surface area contributed by atoms with Crippen LogP contribution in [0.1, 0.15) is 6.92 Å². The fourth-order valence-electron chi connectivity index (χ4n) is 0.243. The van der Waals surface area contributed by atoms with E-state index in [-0.39, 0.29) is 5.71 Å². The molecule has 0 saturated heterocycles. The molecule has 0 unspecified atom stereocenters. The van der Waals surface area contributed by atoms with Gasteiger partial charge in [-0.05, 0) is 22.9 Å². The van der Waals surface area contributed by atoms with Gasteiger partial charge in [-0.15, -0.1) is 0 Å². The zero-order valence-electron chi connectivity index (χ0n) is 5.12. The van der Waals surface area contributed by atoms with Crippen molar-refractivity contribution in [1.29, 1.82) is 0 Å². The summed E-state index contributed by atoms with van der Waals surface area (Å²) in [5.74, 6) is -0.532. The summed E-state index contributed by atoms with van der Waals surface area (Å²) >= 11 is 2.95. The molecule has 0 aromatic carbocycles. The number of halogens is 2. The number of aliphatic imine (C=N–C) groups is 1. The fraction of sp³-hybridized carbons (Fsp3) is 0.167. The van der Waals surface area contributed by atoms with E-state index < -0.39 is 5.83 Å². The standard InChI is InChI=1S/C6H7BrFN/c1-4(8)5(2)9-6(3)7/h1,3H2,2H3/b9-5-. The average Bonchev–Trinajstić information content (AvgIpc) is 1.63. The molecule has 1 nitrogen and oxygen atoms in total. The molecule has 0 heterocycles. The summed E-state index contributed by atoms with van der Waals surface area (Å²) in [6.07, 6.45) is 0. The van der Waals surface area contributed by atoms with Gasteiger partial charge in [-0.3, -0.25) is 0 Å². The third kappa shape index (κ3) is 4.09. The summed E-state index contributed by atoms with van der Waals surface area (Å²) in [6.45, 7) is 7.97. The topological polar surface area (TPSA) is 12.4 Å². The Balaban J connectivity index is 4.17. The molecule has 0 aromatic rings. The minimum atomic E-state index is -0.532. The second kappa shape index (κ2) is 3.56. The Hall–Kier alpha value is -0.440. The van der Waals surface area contributed by atoms with Crippen molar-refractivity contribution in [3.05, 3.63) is 23.6 Å². The molecule has 0 atom stereocenters. The third-order valence-corrected chi connectivity index (χ3v) is 0.859. The van der Waals surface area contributed by atoms with Gasteiger partial charge in [0.2, 0.25) is 0 Å². The molecule has 0 aromatic heterocycles. The monoisotopic (exact) mass is 191 g/mol. The summed E-state index contributed by atoms with van der Waals surface area (Å²) < 4.78 is 12.5. The van der Waals surface area contributed by atoms with E-state index in [0.717, 1.165) is 0 Å². The Kier molecular flexibility index (Phi) is 3.39. The van der Waals surface area contributed by atoms with Crippen molar-refractivity contribution in [1.82, 2.24) is 0 Å². The van der Waals surface area contributed by atoms with Crippen LogP contribution in [0.5, 0.6) is 0 Å². The van der Waals surface area contributed by atoms with E-state index in [1.54, 1.807) is 0 Å². The van der Waals surface area contributed by atoms with E-state index in [9.17, 15) is 4.39 Å². The van der Waals surface area contributed by atoms with Gasteiger partial charge >= 0.3 is 0 Å². The second-order valence-corrected chi connectivity index (χ2v) is 2.39. The summed E-state index contributed by atoms with van der Waals surface area (Å²) in [4.78, 5) is 3.64. The van der Waals surface area contributed by atoms with Crippen LogP contribution in [0.15, 0.2) is 28.6 Å². The second-order valence-electron chi connectivity index (χ2n) is 1.48. The minimum absolute atomic E-state index is 0.247. The third-order valence-electron chi connectivity index (χ3n) is 0.682. The highest BCUT2D eigenvalue weighted by molar-refractivity contribution is 9.11. The van der Waals surface area contributed by atoms with Crippen LogP contribution in [-0.4, -0.2) is 5.71 Å². The molecule has 0 saturated carbocycles. The molecule has 0 aliphatic heterocycles. The predicted molar refractivity (Wildman–Crippen MR) is 41.4 cm³/mol. The molecule has 0 fully saturated rings. The number of rotatable bonds is 2. The van der Waals surface area contributed by atoms with Crippen molar-refractivity contribution in [2.24, 2.45) is 4.99 Å². The van der Waals surface area contributed by atoms with Crippen LogP contribution < -0.4 is 0 Å². The van der Waals surface area contributed by atoms with E-state index in [0.29, 0.717) is 4.61 Å². The van der Waals surface area contributed by atoms with Crippen LogP contribution in [0.4, 0.5) is 4.39 Å². The van der Waals surface area contributed by atoms with E-state index in [1.165, 1.54) is 6.92 Å². The first kappa shape index (κ1) is 8.56. The molecular formula is C6H7BrFN. The lowest BCUT2D eigenvalue weighted by atomic mass is 10.4. The molecule has 0 bridgehead atoms. The first-order valence-electron chi connectivity index (χ1n) is 2.28. The van der Waals surface area contributed by atoms with E-state index in [4.69, 9.17) is 0 Å². The zero-order chi connectivity index (χ0) is 7.44. The largest absolute Gasteiger partial charge is 0.244 e. The van der Waals surface area contributed by atoms with Crippen LogP contribution in [0.3, 0.4) is 0 Å². The quantitative estimate of drug-likeness (QED) is 0.471. The molecule has 0 amide bonds. The van der Waals surface area contributed by atoms with Crippen LogP contribution in [0, 0.1) is 0 Å². The maximum atomic E-state index is 12.1. The van der Waals surface area contributed by atoms with E-state index in [1.807, 2.05) is 0 Å². The Morgan fingerprint density at radius 2 is 2.00 bits per heavy atom. The van der Waals surface area contributed by atoms with Gasteiger partial charge in [0, 0.05) is 0 Å². The van der Waals surface area contributed by atoms with Crippen molar-refractivity contribution >= 4 is 21.6 Å². The number of hydrogen-bond donors (Lipinski definition) is 0. The van der Waals surface area contributed by atoms with Gasteiger partial charge in [0.25, 0.3) is 0 Å². The van der Waals surface area contributed by atoms with Crippen LogP contribution in [0.2, 0.25) is 0 Å². The zero-order valence-corrected chi connectivity index (χ0v) is 6.70. The Labute approximate surface area is 62.1 Å². The molecule has 3 heteroatoms. The van der Waals surface area contributed by atoms with Crippen molar-refractivity contribution in [3.63, 3.8) is 0 Å². The highest BCUT2D eigenvalue weighted by Gasteiger charge is 1.93. The molecule has 0 N–H and O–H groups in total. The normalized spacial score (nSPS) is 11.2. The molecular weight excluding hydrogens is 185 g/mol. The first-order chi connectivity index (χ1) is 4.04. The minimum Gasteiger partial charge on any atom is -0.244 e. The highest BCUT2D eigenvalue weighted by atomic mass is 79.9. The van der Waals surface area contributed by atoms with Gasteiger partial charge in [-0.1, -0.05) is 13.2 Å². The number of hydrogen-bond acceptors (Lipinski definition) is 1. The van der Waals surface area contributed by atoms with Crippen molar-refractivity contribution in [3.8, 4) is 0 Å². The Morgan fingerprint density at radius 3 is 2.11 bits per heavy atom. The van der Waals surface area contributed by atoms with Gasteiger partial charge in [-0.2, -0.15) is 0 Å². The molecule has 0 spiro atoms. The maximum absolute atomic E-state index is 12.1. The van der Waals surface area contributed by atoms with E-state index >= 15 is 0 Å². The van der Waals surface area contributed by atoms with Crippen molar-refractivity contribution < 1.29 is 4.39 Å². The molecule has 0 rings (SSSR count). The van der Waals surface area contributed by atoms with Crippen LogP contribution >= 0.6 is 15.9 Å². The van der Waals surface area contributed by atoms with Gasteiger partial charge < -0.3 is 0 Å². The SMILES string of the molecule is C=C(Br)/N=C(/C)C(=C)F. The smallest absolute Gasteiger partial charge is 0.137 e. The molecule has 0 aliphatic rings. The highest BCUT2D eigenvalue weighted by Crippen LogP contribution is 2.05. The summed E-state index contributed by atoms with van der Waals surface area (Å²) in [7, 11) is 0. The lowest BCUT2D eigenvalue weighted by molar-refractivity contribution is 0.684. The van der Waals surface area contributed by atoms with Crippen LogP contribution in [-0.2, 0) is 0 Å². The van der Waals surface area contributed by atoms with E-state index in [2.05, 4.69) is 34.1 Å². The van der Waals surface area contributed by atoms with Crippen molar-refractivity contribution in [2.75, 3.05) is 0 Å². The molecule has 50 valence electrons. The van der Waals surface area contributed by atoms with Crippen LogP contribution in [0.25, 0.3) is 0 Å². The van der Waals surface area contributed by atoms with Crippen molar-refractivity contribution in [2.45, 2.75) is 6.92 Å². The number of nitrogens with zero attached hydrogens (tertiary/aromatic N) is 1. The average molecular weight is 192 g/mol. The Morgan fingerprint density at radius 1 is 1.56 bits per heavy atom. The van der Waals surface area contributed by atoms with Gasteiger partial charge in [0.1, 0.15) is 5.83 Å². The first-order valence-corrected chi connectivity index (χ1v) is 3.08.